The third-order valence-electron chi connectivity index (χ3n) is 5.09. The highest BCUT2D eigenvalue weighted by Crippen LogP contribution is 2.22. The van der Waals surface area contributed by atoms with E-state index in [1.807, 2.05) is 11.0 Å². The summed E-state index contributed by atoms with van der Waals surface area (Å²) in [6.07, 6.45) is 1.98. The monoisotopic (exact) mass is 420 g/mol. The summed E-state index contributed by atoms with van der Waals surface area (Å²) < 4.78 is 0. The van der Waals surface area contributed by atoms with Crippen molar-refractivity contribution in [1.82, 2.24) is 10.2 Å². The molecule has 0 aliphatic carbocycles. The number of piperidine rings is 1. The Bertz CT molecular complexity index is 800. The maximum atomic E-state index is 13.1. The van der Waals surface area contributed by atoms with Crippen molar-refractivity contribution in [3.05, 3.63) is 70.2 Å². The summed E-state index contributed by atoms with van der Waals surface area (Å²) in [5.74, 6) is 0.396. The molecule has 1 N–H and O–H groups in total. The molecular formula is C22H26Cl2N2O2. The van der Waals surface area contributed by atoms with Gasteiger partial charge in [-0.15, -0.1) is 12.4 Å². The van der Waals surface area contributed by atoms with Crippen molar-refractivity contribution in [2.45, 2.75) is 19.8 Å². The zero-order valence-corrected chi connectivity index (χ0v) is 17.6. The van der Waals surface area contributed by atoms with Gasteiger partial charge in [-0.25, -0.2) is 0 Å². The van der Waals surface area contributed by atoms with Crippen LogP contribution in [-0.4, -0.2) is 42.8 Å². The van der Waals surface area contributed by atoms with Gasteiger partial charge in [0.25, 0.3) is 5.91 Å². The van der Waals surface area contributed by atoms with Gasteiger partial charge in [0.1, 0.15) is 0 Å². The Balaban J connectivity index is 0.00000280. The number of carbonyl (C=O) groups is 2. The molecule has 0 atom stereocenters. The minimum atomic E-state index is -0.155. The number of ketones is 1. The molecular weight excluding hydrogens is 395 g/mol. The van der Waals surface area contributed by atoms with Crippen LogP contribution < -0.4 is 5.32 Å². The first-order valence-electron chi connectivity index (χ1n) is 9.49. The second-order valence-electron chi connectivity index (χ2n) is 6.92. The van der Waals surface area contributed by atoms with E-state index in [1.54, 1.807) is 42.5 Å². The standard InChI is InChI=1S/C22H25ClN2O2.ClH/c1-2-24-15-16-11-13-25(14-12-16)22(27)20-6-4-3-5-19(20)21(26)17-7-9-18(23)10-8-17;/h3-10,16,24H,2,11-15H2,1H3;1H. The number of hydrogen-bond donors (Lipinski definition) is 1. The van der Waals surface area contributed by atoms with Crippen LogP contribution in [0.5, 0.6) is 0 Å². The van der Waals surface area contributed by atoms with Crippen LogP contribution in [0, 0.1) is 5.92 Å². The molecule has 6 heteroatoms. The lowest BCUT2D eigenvalue weighted by Crippen LogP contribution is -2.41. The van der Waals surface area contributed by atoms with Crippen LogP contribution in [0.2, 0.25) is 5.02 Å². The van der Waals surface area contributed by atoms with Crippen molar-refractivity contribution in [3.63, 3.8) is 0 Å². The van der Waals surface area contributed by atoms with Crippen LogP contribution in [0.4, 0.5) is 0 Å². The van der Waals surface area contributed by atoms with E-state index in [-0.39, 0.29) is 24.1 Å². The van der Waals surface area contributed by atoms with Gasteiger partial charge in [-0.3, -0.25) is 9.59 Å². The van der Waals surface area contributed by atoms with Crippen molar-refractivity contribution in [1.29, 1.82) is 0 Å². The van der Waals surface area contributed by atoms with Gasteiger partial charge in [-0.1, -0.05) is 36.7 Å². The van der Waals surface area contributed by atoms with Crippen LogP contribution in [0.15, 0.2) is 48.5 Å². The topological polar surface area (TPSA) is 49.4 Å². The van der Waals surface area contributed by atoms with Gasteiger partial charge in [0.05, 0.1) is 5.56 Å². The fraction of sp³-hybridized carbons (Fsp3) is 0.364. The van der Waals surface area contributed by atoms with Gasteiger partial charge in [0.15, 0.2) is 5.78 Å². The van der Waals surface area contributed by atoms with Gasteiger partial charge in [-0.05, 0) is 62.2 Å². The number of halogens is 2. The van der Waals surface area contributed by atoms with E-state index < -0.39 is 0 Å². The van der Waals surface area contributed by atoms with Gasteiger partial charge >= 0.3 is 0 Å². The Labute approximate surface area is 177 Å². The van der Waals surface area contributed by atoms with Crippen molar-refractivity contribution < 1.29 is 9.59 Å². The van der Waals surface area contributed by atoms with E-state index in [0.29, 0.717) is 27.6 Å². The maximum absolute atomic E-state index is 13.1. The first-order valence-corrected chi connectivity index (χ1v) is 9.87. The fourth-order valence-corrected chi connectivity index (χ4v) is 3.61. The van der Waals surface area contributed by atoms with Crippen LogP contribution in [0.1, 0.15) is 46.0 Å². The molecule has 150 valence electrons. The molecule has 1 amide bonds. The third kappa shape index (κ3) is 5.34. The molecule has 0 saturated carbocycles. The second-order valence-corrected chi connectivity index (χ2v) is 7.36. The molecule has 0 bridgehead atoms. The van der Waals surface area contributed by atoms with Gasteiger partial charge in [0.2, 0.25) is 0 Å². The summed E-state index contributed by atoms with van der Waals surface area (Å²) in [6.45, 7) is 5.55. The summed E-state index contributed by atoms with van der Waals surface area (Å²) in [5, 5.41) is 3.96. The Morgan fingerprint density at radius 3 is 2.25 bits per heavy atom. The van der Waals surface area contributed by atoms with E-state index in [9.17, 15) is 9.59 Å². The predicted molar refractivity (Wildman–Crippen MR) is 116 cm³/mol. The number of rotatable bonds is 6. The Kier molecular flexibility index (Phi) is 8.49. The zero-order valence-electron chi connectivity index (χ0n) is 16.0. The Hall–Kier alpha value is -1.88. The summed E-state index contributed by atoms with van der Waals surface area (Å²) in [5.41, 5.74) is 1.45. The Morgan fingerprint density at radius 1 is 1.04 bits per heavy atom. The predicted octanol–water partition coefficient (Wildman–Crippen LogP) is 4.45. The number of benzene rings is 2. The first kappa shape index (κ1) is 22.4. The summed E-state index contributed by atoms with van der Waals surface area (Å²) in [7, 11) is 0. The van der Waals surface area contributed by atoms with Gasteiger partial charge in [0, 0.05) is 29.2 Å². The number of amides is 1. The lowest BCUT2D eigenvalue weighted by Gasteiger charge is -2.32. The highest BCUT2D eigenvalue weighted by Gasteiger charge is 2.26. The molecule has 1 aliphatic heterocycles. The third-order valence-corrected chi connectivity index (χ3v) is 5.35. The molecule has 4 nitrogen and oxygen atoms in total. The molecule has 0 radical (unpaired) electrons. The van der Waals surface area contributed by atoms with E-state index in [4.69, 9.17) is 11.6 Å². The summed E-state index contributed by atoms with van der Waals surface area (Å²) in [6, 6.07) is 13.8. The highest BCUT2D eigenvalue weighted by molar-refractivity contribution is 6.30. The molecule has 3 rings (SSSR count). The van der Waals surface area contributed by atoms with E-state index >= 15 is 0 Å². The smallest absolute Gasteiger partial charge is 0.254 e. The largest absolute Gasteiger partial charge is 0.339 e. The van der Waals surface area contributed by atoms with E-state index in [2.05, 4.69) is 12.2 Å². The normalized spacial score (nSPS) is 14.4. The lowest BCUT2D eigenvalue weighted by atomic mass is 9.94. The molecule has 28 heavy (non-hydrogen) atoms. The van der Waals surface area contributed by atoms with Crippen molar-refractivity contribution in [3.8, 4) is 0 Å². The zero-order chi connectivity index (χ0) is 19.2. The second kappa shape index (κ2) is 10.6. The SMILES string of the molecule is CCNCC1CCN(C(=O)c2ccccc2C(=O)c2ccc(Cl)cc2)CC1.Cl. The molecule has 1 saturated heterocycles. The van der Waals surface area contributed by atoms with Crippen molar-refractivity contribution in [2.24, 2.45) is 5.92 Å². The molecule has 1 aliphatic rings. The summed E-state index contributed by atoms with van der Waals surface area (Å²) in [4.78, 5) is 27.9. The quantitative estimate of drug-likeness (QED) is 0.701. The van der Waals surface area contributed by atoms with Gasteiger partial charge < -0.3 is 10.2 Å². The highest BCUT2D eigenvalue weighted by atomic mass is 35.5. The van der Waals surface area contributed by atoms with Crippen LogP contribution >= 0.6 is 24.0 Å². The van der Waals surface area contributed by atoms with Crippen LogP contribution in [0.3, 0.4) is 0 Å². The minimum Gasteiger partial charge on any atom is -0.339 e. The average molecular weight is 421 g/mol. The maximum Gasteiger partial charge on any atom is 0.254 e. The number of nitrogens with zero attached hydrogens (tertiary/aromatic N) is 1. The van der Waals surface area contributed by atoms with Crippen molar-refractivity contribution in [2.75, 3.05) is 26.2 Å². The number of carbonyl (C=O) groups excluding carboxylic acids is 2. The Morgan fingerprint density at radius 2 is 1.64 bits per heavy atom. The molecule has 1 fully saturated rings. The number of nitrogens with one attached hydrogen (secondary N) is 1. The minimum absolute atomic E-state index is 0. The molecule has 2 aromatic carbocycles. The first-order chi connectivity index (χ1) is 13.1. The molecule has 2 aromatic rings. The molecule has 0 aromatic heterocycles. The number of hydrogen-bond acceptors (Lipinski definition) is 3. The van der Waals surface area contributed by atoms with Crippen molar-refractivity contribution >= 4 is 35.7 Å². The lowest BCUT2D eigenvalue weighted by molar-refractivity contribution is 0.0687. The summed E-state index contributed by atoms with van der Waals surface area (Å²) >= 11 is 5.91. The number of likely N-dealkylation sites (tertiary alicyclic amines) is 1. The van der Waals surface area contributed by atoms with Gasteiger partial charge in [-0.2, -0.15) is 0 Å². The van der Waals surface area contributed by atoms with E-state index in [1.165, 1.54) is 0 Å². The van der Waals surface area contributed by atoms with Crippen LogP contribution in [-0.2, 0) is 0 Å². The van der Waals surface area contributed by atoms with Crippen LogP contribution in [0.25, 0.3) is 0 Å². The molecule has 1 heterocycles. The molecule has 0 spiro atoms. The molecule has 0 unspecified atom stereocenters. The van der Waals surface area contributed by atoms with E-state index in [0.717, 1.165) is 39.0 Å². The average Bonchev–Trinajstić information content (AvgIpc) is 2.72. The fourth-order valence-electron chi connectivity index (χ4n) is 3.48.